The molecule has 1 aromatic carbocycles. The third-order valence-electron chi connectivity index (χ3n) is 2.69. The lowest BCUT2D eigenvalue weighted by Gasteiger charge is -2.08. The summed E-state index contributed by atoms with van der Waals surface area (Å²) in [5.74, 6) is 0.758. The zero-order valence-electron chi connectivity index (χ0n) is 9.46. The summed E-state index contributed by atoms with van der Waals surface area (Å²) in [6, 6.07) is 7.48. The van der Waals surface area contributed by atoms with Crippen molar-refractivity contribution in [3.8, 4) is 0 Å². The molecular weight excluding hydrogens is 229 g/mol. The Bertz CT molecular complexity index is 514. The largest absolute Gasteiger partial charge is 0.389 e. The summed E-state index contributed by atoms with van der Waals surface area (Å²) in [5.41, 5.74) is 1.73. The summed E-state index contributed by atoms with van der Waals surface area (Å²) < 4.78 is 38.1. The summed E-state index contributed by atoms with van der Waals surface area (Å²) >= 11 is 0. The average Bonchev–Trinajstić information content (AvgIpc) is 2.54. The van der Waals surface area contributed by atoms with Crippen LogP contribution in [0.5, 0.6) is 0 Å². The molecule has 0 saturated heterocycles. The fourth-order valence-electron chi connectivity index (χ4n) is 1.92. The van der Waals surface area contributed by atoms with Crippen LogP contribution in [0.1, 0.15) is 18.7 Å². The van der Waals surface area contributed by atoms with Crippen molar-refractivity contribution < 1.29 is 13.2 Å². The van der Waals surface area contributed by atoms with E-state index in [4.69, 9.17) is 0 Å². The molecule has 2 nitrogen and oxygen atoms in total. The number of imidazole rings is 1. The van der Waals surface area contributed by atoms with Crippen molar-refractivity contribution in [3.05, 3.63) is 30.1 Å². The fraction of sp³-hybridized carbons (Fsp3) is 0.417. The number of aromatic nitrogens is 2. The highest BCUT2D eigenvalue weighted by Crippen LogP contribution is 2.23. The molecule has 1 aromatic heterocycles. The third-order valence-corrected chi connectivity index (χ3v) is 2.69. The van der Waals surface area contributed by atoms with Gasteiger partial charge in [0.25, 0.3) is 0 Å². The average molecular weight is 242 g/mol. The van der Waals surface area contributed by atoms with E-state index < -0.39 is 12.6 Å². The van der Waals surface area contributed by atoms with Crippen molar-refractivity contribution in [2.75, 3.05) is 0 Å². The van der Waals surface area contributed by atoms with Gasteiger partial charge in [0, 0.05) is 13.0 Å². The Morgan fingerprint density at radius 2 is 1.94 bits per heavy atom. The van der Waals surface area contributed by atoms with Crippen LogP contribution in [-0.2, 0) is 6.54 Å². The molecule has 17 heavy (non-hydrogen) atoms. The van der Waals surface area contributed by atoms with Crippen LogP contribution < -0.4 is 0 Å². The van der Waals surface area contributed by atoms with E-state index in [0.29, 0.717) is 6.54 Å². The van der Waals surface area contributed by atoms with Gasteiger partial charge in [-0.2, -0.15) is 13.2 Å². The van der Waals surface area contributed by atoms with E-state index in [1.165, 1.54) is 0 Å². The first-order valence-electron chi connectivity index (χ1n) is 5.46. The predicted molar refractivity (Wildman–Crippen MR) is 59.8 cm³/mol. The molecule has 0 spiro atoms. The van der Waals surface area contributed by atoms with Gasteiger partial charge in [-0.3, -0.25) is 0 Å². The molecule has 0 aliphatic heterocycles. The molecule has 2 rings (SSSR count). The van der Waals surface area contributed by atoms with E-state index in [-0.39, 0.29) is 6.42 Å². The van der Waals surface area contributed by atoms with Crippen LogP contribution >= 0.6 is 0 Å². The van der Waals surface area contributed by atoms with Gasteiger partial charge in [0.2, 0.25) is 0 Å². The highest BCUT2D eigenvalue weighted by atomic mass is 19.4. The minimum atomic E-state index is -4.08. The summed E-state index contributed by atoms with van der Waals surface area (Å²) in [7, 11) is 0. The van der Waals surface area contributed by atoms with Gasteiger partial charge in [-0.15, -0.1) is 0 Å². The maximum absolute atomic E-state index is 12.1. The zero-order valence-corrected chi connectivity index (χ0v) is 9.46. The van der Waals surface area contributed by atoms with Gasteiger partial charge in [-0.05, 0) is 25.5 Å². The maximum atomic E-state index is 12.1. The molecule has 0 unspecified atom stereocenters. The molecule has 0 N–H and O–H groups in total. The van der Waals surface area contributed by atoms with E-state index in [9.17, 15) is 13.2 Å². The first-order valence-corrected chi connectivity index (χ1v) is 5.46. The number of benzene rings is 1. The number of hydrogen-bond donors (Lipinski definition) is 0. The highest BCUT2D eigenvalue weighted by molar-refractivity contribution is 5.75. The summed E-state index contributed by atoms with van der Waals surface area (Å²) in [6.45, 7) is 2.17. The van der Waals surface area contributed by atoms with Crippen molar-refractivity contribution in [2.24, 2.45) is 0 Å². The number of aryl methyl sites for hydroxylation is 2. The van der Waals surface area contributed by atoms with Crippen LogP contribution in [0, 0.1) is 6.92 Å². The fourth-order valence-corrected chi connectivity index (χ4v) is 1.92. The standard InChI is InChI=1S/C12H13F3N2/c1-9-16-10-5-2-3-6-11(10)17(9)8-4-7-12(13,14)15/h2-3,5-6H,4,7-8H2,1H3. The van der Waals surface area contributed by atoms with Gasteiger partial charge in [0.05, 0.1) is 11.0 Å². The van der Waals surface area contributed by atoms with Gasteiger partial charge in [-0.1, -0.05) is 12.1 Å². The van der Waals surface area contributed by atoms with Crippen LogP contribution in [0.2, 0.25) is 0 Å². The SMILES string of the molecule is Cc1nc2ccccc2n1CCCC(F)(F)F. The molecular formula is C12H13F3N2. The van der Waals surface area contributed by atoms with Crippen LogP contribution in [-0.4, -0.2) is 15.7 Å². The number of hydrogen-bond acceptors (Lipinski definition) is 1. The molecule has 0 aliphatic carbocycles. The Balaban J connectivity index is 2.15. The topological polar surface area (TPSA) is 17.8 Å². The molecule has 92 valence electrons. The number of alkyl halides is 3. The molecule has 2 aromatic rings. The molecule has 5 heteroatoms. The number of rotatable bonds is 3. The van der Waals surface area contributed by atoms with Crippen molar-refractivity contribution in [2.45, 2.75) is 32.5 Å². The minimum Gasteiger partial charge on any atom is -0.328 e. The summed E-state index contributed by atoms with van der Waals surface area (Å²) in [5, 5.41) is 0. The zero-order chi connectivity index (χ0) is 12.5. The molecule has 0 bridgehead atoms. The van der Waals surface area contributed by atoms with Crippen molar-refractivity contribution in [1.82, 2.24) is 9.55 Å². The molecule has 1 heterocycles. The monoisotopic (exact) mass is 242 g/mol. The minimum absolute atomic E-state index is 0.0880. The lowest BCUT2D eigenvalue weighted by molar-refractivity contribution is -0.135. The maximum Gasteiger partial charge on any atom is 0.389 e. The van der Waals surface area contributed by atoms with Crippen LogP contribution in [0.15, 0.2) is 24.3 Å². The van der Waals surface area contributed by atoms with Crippen LogP contribution in [0.3, 0.4) is 0 Å². The first kappa shape index (κ1) is 12.0. The van der Waals surface area contributed by atoms with Gasteiger partial charge >= 0.3 is 6.18 Å². The second kappa shape index (κ2) is 4.39. The van der Waals surface area contributed by atoms with Crippen LogP contribution in [0.25, 0.3) is 11.0 Å². The Morgan fingerprint density at radius 1 is 1.24 bits per heavy atom. The Hall–Kier alpha value is -1.52. The van der Waals surface area contributed by atoms with Gasteiger partial charge in [0.1, 0.15) is 5.82 Å². The van der Waals surface area contributed by atoms with Crippen molar-refractivity contribution in [3.63, 3.8) is 0 Å². The number of para-hydroxylation sites is 2. The Kier molecular flexibility index (Phi) is 3.09. The van der Waals surface area contributed by atoms with Crippen molar-refractivity contribution in [1.29, 1.82) is 0 Å². The number of nitrogens with zero attached hydrogens (tertiary/aromatic N) is 2. The normalized spacial score (nSPS) is 12.2. The van der Waals surface area contributed by atoms with Gasteiger partial charge in [0.15, 0.2) is 0 Å². The van der Waals surface area contributed by atoms with Gasteiger partial charge < -0.3 is 4.57 Å². The van der Waals surface area contributed by atoms with Gasteiger partial charge in [-0.25, -0.2) is 4.98 Å². The van der Waals surface area contributed by atoms with E-state index in [0.717, 1.165) is 16.9 Å². The van der Waals surface area contributed by atoms with Crippen LogP contribution in [0.4, 0.5) is 13.2 Å². The molecule has 0 atom stereocenters. The smallest absolute Gasteiger partial charge is 0.328 e. The van der Waals surface area contributed by atoms with E-state index >= 15 is 0 Å². The second-order valence-electron chi connectivity index (χ2n) is 4.02. The van der Waals surface area contributed by atoms with E-state index in [2.05, 4.69) is 4.98 Å². The molecule has 0 radical (unpaired) electrons. The number of fused-ring (bicyclic) bond motifs is 1. The lowest BCUT2D eigenvalue weighted by Crippen LogP contribution is -2.09. The number of halogens is 3. The van der Waals surface area contributed by atoms with E-state index in [1.807, 2.05) is 35.8 Å². The quantitative estimate of drug-likeness (QED) is 0.802. The summed E-state index contributed by atoms with van der Waals surface area (Å²) in [4.78, 5) is 4.31. The molecule has 0 fully saturated rings. The summed E-state index contributed by atoms with van der Waals surface area (Å²) in [6.07, 6.45) is -4.74. The predicted octanol–water partition coefficient (Wildman–Crippen LogP) is 3.69. The third kappa shape index (κ3) is 2.78. The lowest BCUT2D eigenvalue weighted by atomic mass is 10.3. The molecule has 0 amide bonds. The molecule has 0 saturated carbocycles. The van der Waals surface area contributed by atoms with E-state index in [1.54, 1.807) is 0 Å². The highest BCUT2D eigenvalue weighted by Gasteiger charge is 2.26. The first-order chi connectivity index (χ1) is 7.97. The Labute approximate surface area is 97.1 Å². The Morgan fingerprint density at radius 3 is 2.65 bits per heavy atom. The molecule has 0 aliphatic rings. The van der Waals surface area contributed by atoms with Crippen molar-refractivity contribution >= 4 is 11.0 Å². The second-order valence-corrected chi connectivity index (χ2v) is 4.02.